The summed E-state index contributed by atoms with van der Waals surface area (Å²) in [6.07, 6.45) is 9.24. The smallest absolute Gasteiger partial charge is 0.0320 e. The molecule has 0 heterocycles. The lowest BCUT2D eigenvalue weighted by molar-refractivity contribution is 0.684. The second-order valence-corrected chi connectivity index (χ2v) is 4.19. The summed E-state index contributed by atoms with van der Waals surface area (Å²) in [5.41, 5.74) is 1.68. The molecule has 1 rings (SSSR count). The Labute approximate surface area is 78.1 Å². The predicted molar refractivity (Wildman–Crippen MR) is 57.4 cm³/mol. The average molecular weight is 168 g/mol. The molecule has 0 spiro atoms. The lowest BCUT2D eigenvalue weighted by atomic mass is 9.98. The fourth-order valence-corrected chi connectivity index (χ4v) is 1.23. The first kappa shape index (κ1) is 11.7. The van der Waals surface area contributed by atoms with Gasteiger partial charge >= 0.3 is 0 Å². The summed E-state index contributed by atoms with van der Waals surface area (Å²) in [7, 11) is 0. The van der Waals surface area contributed by atoms with Gasteiger partial charge in [-0.3, -0.25) is 0 Å². The third-order valence-corrected chi connectivity index (χ3v) is 1.84. The molecule has 0 aliphatic heterocycles. The monoisotopic (exact) mass is 168 g/mol. The summed E-state index contributed by atoms with van der Waals surface area (Å²) in [5, 5.41) is 0. The zero-order valence-electron chi connectivity index (χ0n) is 9.19. The van der Waals surface area contributed by atoms with E-state index in [2.05, 4.69) is 33.8 Å². The van der Waals surface area contributed by atoms with Crippen LogP contribution in [0.1, 0.15) is 59.8 Å². The van der Waals surface area contributed by atoms with E-state index in [9.17, 15) is 0 Å². The maximum Gasteiger partial charge on any atom is -0.0320 e. The third-order valence-electron chi connectivity index (χ3n) is 1.84. The van der Waals surface area contributed by atoms with Gasteiger partial charge in [-0.05, 0) is 38.0 Å². The topological polar surface area (TPSA) is 0 Å². The quantitative estimate of drug-likeness (QED) is 0.503. The minimum atomic E-state index is 0.833. The maximum atomic E-state index is 2.41. The van der Waals surface area contributed by atoms with Crippen LogP contribution in [0.15, 0.2) is 11.6 Å². The van der Waals surface area contributed by atoms with Gasteiger partial charge in [-0.1, -0.05) is 39.3 Å². The van der Waals surface area contributed by atoms with Gasteiger partial charge in [-0.25, -0.2) is 0 Å². The highest BCUT2D eigenvalue weighted by Crippen LogP contribution is 2.18. The number of hydrogen-bond donors (Lipinski definition) is 0. The first-order chi connectivity index (χ1) is 5.66. The van der Waals surface area contributed by atoms with Crippen LogP contribution >= 0.6 is 0 Å². The van der Waals surface area contributed by atoms with Crippen LogP contribution in [0.2, 0.25) is 0 Å². The van der Waals surface area contributed by atoms with Crippen molar-refractivity contribution < 1.29 is 0 Å². The van der Waals surface area contributed by atoms with Crippen molar-refractivity contribution in [2.45, 2.75) is 59.8 Å². The van der Waals surface area contributed by atoms with Gasteiger partial charge in [0.05, 0.1) is 0 Å². The zero-order chi connectivity index (χ0) is 9.40. The van der Waals surface area contributed by atoms with Crippen LogP contribution in [0.4, 0.5) is 0 Å². The summed E-state index contributed by atoms with van der Waals surface area (Å²) in [6, 6.07) is 0. The van der Waals surface area contributed by atoms with Gasteiger partial charge in [0.2, 0.25) is 0 Å². The molecule has 0 nitrogen and oxygen atoms in total. The molecule has 0 saturated heterocycles. The van der Waals surface area contributed by atoms with E-state index in [4.69, 9.17) is 0 Å². The van der Waals surface area contributed by atoms with E-state index in [1.165, 1.54) is 32.1 Å². The number of rotatable bonds is 1. The Bertz CT molecular complexity index is 117. The SMILES string of the molecule is CC(C)C.CCC1=CCCCC1. The summed E-state index contributed by atoms with van der Waals surface area (Å²) >= 11 is 0. The maximum absolute atomic E-state index is 2.41. The van der Waals surface area contributed by atoms with Gasteiger partial charge in [-0.15, -0.1) is 0 Å². The van der Waals surface area contributed by atoms with Gasteiger partial charge < -0.3 is 0 Å². The fourth-order valence-electron chi connectivity index (χ4n) is 1.23. The highest BCUT2D eigenvalue weighted by Gasteiger charge is 1.98. The molecule has 12 heavy (non-hydrogen) atoms. The Kier molecular flexibility index (Phi) is 7.23. The van der Waals surface area contributed by atoms with Gasteiger partial charge in [-0.2, -0.15) is 0 Å². The Morgan fingerprint density at radius 2 is 1.83 bits per heavy atom. The Morgan fingerprint density at radius 3 is 2.08 bits per heavy atom. The molecule has 0 fully saturated rings. The molecule has 1 aliphatic carbocycles. The van der Waals surface area contributed by atoms with Crippen molar-refractivity contribution in [3.05, 3.63) is 11.6 Å². The number of allylic oxidation sites excluding steroid dienone is 2. The normalized spacial score (nSPS) is 16.6. The molecule has 0 unspecified atom stereocenters. The van der Waals surface area contributed by atoms with Crippen molar-refractivity contribution in [3.63, 3.8) is 0 Å². The molecule has 1 aliphatic rings. The van der Waals surface area contributed by atoms with Crippen LogP contribution in [-0.4, -0.2) is 0 Å². The molecular weight excluding hydrogens is 144 g/mol. The largest absolute Gasteiger partial charge is 0.0853 e. The van der Waals surface area contributed by atoms with Crippen LogP contribution in [0.25, 0.3) is 0 Å². The van der Waals surface area contributed by atoms with Crippen LogP contribution in [-0.2, 0) is 0 Å². The van der Waals surface area contributed by atoms with E-state index < -0.39 is 0 Å². The molecule has 0 heteroatoms. The molecular formula is C12H24. The van der Waals surface area contributed by atoms with Gasteiger partial charge in [0, 0.05) is 0 Å². The van der Waals surface area contributed by atoms with E-state index >= 15 is 0 Å². The summed E-state index contributed by atoms with van der Waals surface area (Å²) in [5.74, 6) is 0.833. The molecule has 0 amide bonds. The van der Waals surface area contributed by atoms with Crippen LogP contribution in [0, 0.1) is 5.92 Å². The van der Waals surface area contributed by atoms with Crippen molar-refractivity contribution in [2.24, 2.45) is 5.92 Å². The summed E-state index contributed by atoms with van der Waals surface area (Å²) < 4.78 is 0. The second kappa shape index (κ2) is 7.39. The average Bonchev–Trinajstić information content (AvgIpc) is 2.05. The molecule has 0 bridgehead atoms. The summed E-state index contributed by atoms with van der Waals surface area (Å²) in [4.78, 5) is 0. The molecule has 0 saturated carbocycles. The van der Waals surface area contributed by atoms with Crippen molar-refractivity contribution in [3.8, 4) is 0 Å². The third kappa shape index (κ3) is 7.84. The first-order valence-corrected chi connectivity index (χ1v) is 5.34. The number of hydrogen-bond acceptors (Lipinski definition) is 0. The molecule has 0 radical (unpaired) electrons. The van der Waals surface area contributed by atoms with Crippen molar-refractivity contribution >= 4 is 0 Å². The highest BCUT2D eigenvalue weighted by atomic mass is 14.0. The molecule has 72 valence electrons. The van der Waals surface area contributed by atoms with Gasteiger partial charge in [0.1, 0.15) is 0 Å². The van der Waals surface area contributed by atoms with Crippen LogP contribution in [0.3, 0.4) is 0 Å². The fraction of sp³-hybridized carbons (Fsp3) is 0.833. The van der Waals surface area contributed by atoms with Crippen molar-refractivity contribution in [1.82, 2.24) is 0 Å². The van der Waals surface area contributed by atoms with E-state index in [0.717, 1.165) is 5.92 Å². The van der Waals surface area contributed by atoms with Crippen molar-refractivity contribution in [1.29, 1.82) is 0 Å². The predicted octanol–water partition coefficient (Wildman–Crippen LogP) is 4.56. The summed E-state index contributed by atoms with van der Waals surface area (Å²) in [6.45, 7) is 8.75. The van der Waals surface area contributed by atoms with E-state index in [1.54, 1.807) is 5.57 Å². The Hall–Kier alpha value is -0.260. The van der Waals surface area contributed by atoms with Crippen LogP contribution in [0.5, 0.6) is 0 Å². The van der Waals surface area contributed by atoms with E-state index in [1.807, 2.05) is 0 Å². The minimum absolute atomic E-state index is 0.833. The highest BCUT2D eigenvalue weighted by molar-refractivity contribution is 5.03. The standard InChI is InChI=1S/C8H14.C4H10/c1-2-8-6-4-3-5-7-8;1-4(2)3/h6H,2-5,7H2,1H3;4H,1-3H3. The van der Waals surface area contributed by atoms with Gasteiger partial charge in [0.15, 0.2) is 0 Å². The molecule has 0 N–H and O–H groups in total. The van der Waals surface area contributed by atoms with Crippen molar-refractivity contribution in [2.75, 3.05) is 0 Å². The van der Waals surface area contributed by atoms with E-state index in [0.29, 0.717) is 0 Å². The second-order valence-electron chi connectivity index (χ2n) is 4.19. The molecule has 0 aromatic heterocycles. The lowest BCUT2D eigenvalue weighted by Crippen LogP contribution is -1.88. The Balaban J connectivity index is 0.000000261. The molecule has 0 atom stereocenters. The van der Waals surface area contributed by atoms with E-state index in [-0.39, 0.29) is 0 Å². The first-order valence-electron chi connectivity index (χ1n) is 5.34. The lowest BCUT2D eigenvalue weighted by Gasteiger charge is -2.08. The van der Waals surface area contributed by atoms with Gasteiger partial charge in [0.25, 0.3) is 0 Å². The van der Waals surface area contributed by atoms with Crippen LogP contribution < -0.4 is 0 Å². The molecule has 0 aromatic carbocycles. The zero-order valence-corrected chi connectivity index (χ0v) is 9.19. The molecule has 0 aromatic rings. The minimum Gasteiger partial charge on any atom is -0.0853 e. The Morgan fingerprint density at radius 1 is 1.25 bits per heavy atom.